The van der Waals surface area contributed by atoms with Gasteiger partial charge in [-0.1, -0.05) is 0 Å². The van der Waals surface area contributed by atoms with E-state index in [4.69, 9.17) is 0 Å². The summed E-state index contributed by atoms with van der Waals surface area (Å²) < 4.78 is 2.81. The number of halogens is 1. The van der Waals surface area contributed by atoms with Crippen LogP contribution in [0.3, 0.4) is 0 Å². The molecule has 19 heavy (non-hydrogen) atoms. The molecule has 5 heteroatoms. The van der Waals surface area contributed by atoms with E-state index in [9.17, 15) is 4.79 Å². The van der Waals surface area contributed by atoms with Gasteiger partial charge in [0, 0.05) is 36.3 Å². The molecule has 3 heterocycles. The first-order valence-electron chi connectivity index (χ1n) is 6.87. The zero-order valence-electron chi connectivity index (χ0n) is 11.4. The second-order valence-electron chi connectivity index (χ2n) is 5.92. The van der Waals surface area contributed by atoms with Crippen molar-refractivity contribution in [3.63, 3.8) is 0 Å². The average molecular weight is 326 g/mol. The molecule has 1 amide bonds. The van der Waals surface area contributed by atoms with Crippen molar-refractivity contribution in [3.05, 3.63) is 22.4 Å². The Balaban J connectivity index is 1.72. The lowest BCUT2D eigenvalue weighted by Crippen LogP contribution is -2.59. The van der Waals surface area contributed by atoms with Gasteiger partial charge in [-0.05, 0) is 54.2 Å². The monoisotopic (exact) mass is 325 g/mol. The third-order valence-corrected chi connectivity index (χ3v) is 4.99. The summed E-state index contributed by atoms with van der Waals surface area (Å²) in [6.07, 6.45) is 5.57. The summed E-state index contributed by atoms with van der Waals surface area (Å²) in [6, 6.07) is 2.69. The lowest BCUT2D eigenvalue weighted by atomic mass is 9.77. The molecule has 2 bridgehead atoms. The quantitative estimate of drug-likeness (QED) is 0.903. The highest BCUT2D eigenvalue weighted by atomic mass is 79.9. The fourth-order valence-corrected chi connectivity index (χ4v) is 4.15. The van der Waals surface area contributed by atoms with Crippen LogP contribution in [0.5, 0.6) is 0 Å². The molecular formula is C14H20BrN3O. The molecule has 0 radical (unpaired) electrons. The van der Waals surface area contributed by atoms with Crippen LogP contribution in [0.1, 0.15) is 29.8 Å². The Bertz CT molecular complexity index is 499. The maximum Gasteiger partial charge on any atom is 0.268 e. The number of nitrogens with one attached hydrogen (secondary N) is 1. The van der Waals surface area contributed by atoms with Crippen LogP contribution in [-0.2, 0) is 7.05 Å². The standard InChI is InChI=1S/C14H20BrN3O/c1-17-7-9-3-4-12(17)11(5-9)16-14(19)13-6-10(15)8-18(13)2/h6,8-9,11-12H,3-5,7H2,1-2H3,(H,16,19). The number of hydrogen-bond acceptors (Lipinski definition) is 2. The second-order valence-corrected chi connectivity index (χ2v) is 6.84. The van der Waals surface area contributed by atoms with Gasteiger partial charge in [0.15, 0.2) is 0 Å². The van der Waals surface area contributed by atoms with E-state index in [-0.39, 0.29) is 5.91 Å². The predicted molar refractivity (Wildman–Crippen MR) is 78.1 cm³/mol. The van der Waals surface area contributed by atoms with E-state index in [1.165, 1.54) is 19.4 Å². The normalized spacial score (nSPS) is 30.6. The van der Waals surface area contributed by atoms with Gasteiger partial charge in [-0.2, -0.15) is 0 Å². The SMILES string of the molecule is CN1CC2CCC1C(NC(=O)c1cc(Br)cn1C)C2. The molecule has 2 saturated heterocycles. The van der Waals surface area contributed by atoms with E-state index >= 15 is 0 Å². The van der Waals surface area contributed by atoms with Crippen LogP contribution in [0, 0.1) is 5.92 Å². The minimum atomic E-state index is 0.0409. The van der Waals surface area contributed by atoms with Crippen molar-refractivity contribution in [2.75, 3.05) is 13.6 Å². The number of amides is 1. The van der Waals surface area contributed by atoms with E-state index in [1.807, 2.05) is 23.9 Å². The van der Waals surface area contributed by atoms with Crippen molar-refractivity contribution in [2.45, 2.75) is 31.3 Å². The summed E-state index contributed by atoms with van der Waals surface area (Å²) in [5.74, 6) is 0.791. The van der Waals surface area contributed by atoms with Crippen LogP contribution in [0.2, 0.25) is 0 Å². The summed E-state index contributed by atoms with van der Waals surface area (Å²) in [7, 11) is 4.08. The third-order valence-electron chi connectivity index (χ3n) is 4.56. The van der Waals surface area contributed by atoms with Gasteiger partial charge >= 0.3 is 0 Å². The third kappa shape index (κ3) is 2.46. The summed E-state index contributed by atoms with van der Waals surface area (Å²) in [5.41, 5.74) is 0.718. The van der Waals surface area contributed by atoms with Crippen LogP contribution in [0.4, 0.5) is 0 Å². The van der Waals surface area contributed by atoms with Crippen LogP contribution >= 0.6 is 15.9 Å². The molecule has 1 saturated carbocycles. The van der Waals surface area contributed by atoms with Crippen molar-refractivity contribution in [3.8, 4) is 0 Å². The minimum absolute atomic E-state index is 0.0409. The number of aryl methyl sites for hydroxylation is 1. The molecule has 3 atom stereocenters. The Morgan fingerprint density at radius 3 is 2.79 bits per heavy atom. The Labute approximate surface area is 122 Å². The molecule has 1 aromatic heterocycles. The number of carbonyl (C=O) groups is 1. The Hall–Kier alpha value is -0.810. The second kappa shape index (κ2) is 4.94. The molecule has 4 nitrogen and oxygen atoms in total. The number of aromatic nitrogens is 1. The highest BCUT2D eigenvalue weighted by Crippen LogP contribution is 2.34. The molecule has 3 aliphatic rings. The van der Waals surface area contributed by atoms with Crippen LogP contribution < -0.4 is 5.32 Å². The minimum Gasteiger partial charge on any atom is -0.346 e. The topological polar surface area (TPSA) is 37.3 Å². The van der Waals surface area contributed by atoms with E-state index < -0.39 is 0 Å². The molecule has 3 unspecified atom stereocenters. The summed E-state index contributed by atoms with van der Waals surface area (Å²) >= 11 is 3.41. The average Bonchev–Trinajstić information content (AvgIpc) is 2.68. The van der Waals surface area contributed by atoms with Gasteiger partial charge in [-0.25, -0.2) is 0 Å². The molecule has 2 aliphatic heterocycles. The smallest absolute Gasteiger partial charge is 0.268 e. The molecule has 3 fully saturated rings. The van der Waals surface area contributed by atoms with Crippen molar-refractivity contribution in [1.29, 1.82) is 0 Å². The van der Waals surface area contributed by atoms with Crippen molar-refractivity contribution in [2.24, 2.45) is 13.0 Å². The first kappa shape index (κ1) is 13.2. The summed E-state index contributed by atoms with van der Waals surface area (Å²) in [6.45, 7) is 1.19. The Kier molecular flexibility index (Phi) is 3.43. The fraction of sp³-hybridized carbons (Fsp3) is 0.643. The lowest BCUT2D eigenvalue weighted by Gasteiger charge is -2.48. The van der Waals surface area contributed by atoms with Gasteiger partial charge in [0.1, 0.15) is 5.69 Å². The molecule has 1 aromatic rings. The zero-order valence-corrected chi connectivity index (χ0v) is 13.0. The number of carbonyl (C=O) groups excluding carboxylic acids is 1. The van der Waals surface area contributed by atoms with Crippen LogP contribution in [-0.4, -0.2) is 41.1 Å². The Morgan fingerprint density at radius 1 is 1.42 bits per heavy atom. The first-order chi connectivity index (χ1) is 9.04. The Morgan fingerprint density at radius 2 is 2.21 bits per heavy atom. The molecule has 0 spiro atoms. The van der Waals surface area contributed by atoms with Gasteiger partial charge in [0.05, 0.1) is 0 Å². The van der Waals surface area contributed by atoms with E-state index in [0.717, 1.165) is 22.5 Å². The lowest BCUT2D eigenvalue weighted by molar-refractivity contribution is 0.0375. The van der Waals surface area contributed by atoms with Crippen molar-refractivity contribution < 1.29 is 4.79 Å². The van der Waals surface area contributed by atoms with Gasteiger partial charge in [-0.15, -0.1) is 0 Å². The number of rotatable bonds is 2. The molecule has 0 aromatic carbocycles. The van der Waals surface area contributed by atoms with Crippen LogP contribution in [0.25, 0.3) is 0 Å². The number of piperidine rings is 2. The molecule has 104 valence electrons. The van der Waals surface area contributed by atoms with Crippen LogP contribution in [0.15, 0.2) is 16.7 Å². The molecule has 1 N–H and O–H groups in total. The van der Waals surface area contributed by atoms with E-state index in [2.05, 4.69) is 33.2 Å². The number of hydrogen-bond donors (Lipinski definition) is 1. The summed E-state index contributed by atoms with van der Waals surface area (Å²) in [5, 5.41) is 3.23. The number of likely N-dealkylation sites (N-methyl/N-ethyl adjacent to an activating group) is 1. The zero-order chi connectivity index (χ0) is 13.6. The van der Waals surface area contributed by atoms with E-state index in [1.54, 1.807) is 0 Å². The van der Waals surface area contributed by atoms with Gasteiger partial charge in [0.25, 0.3) is 5.91 Å². The maximum absolute atomic E-state index is 12.4. The van der Waals surface area contributed by atoms with E-state index in [0.29, 0.717) is 12.1 Å². The van der Waals surface area contributed by atoms with Crippen molar-refractivity contribution >= 4 is 21.8 Å². The largest absolute Gasteiger partial charge is 0.346 e. The highest BCUT2D eigenvalue weighted by Gasteiger charge is 2.39. The molecule has 1 aliphatic carbocycles. The number of fused-ring (bicyclic) bond motifs is 3. The maximum atomic E-state index is 12.4. The molecule has 4 rings (SSSR count). The molecular weight excluding hydrogens is 306 g/mol. The van der Waals surface area contributed by atoms with Gasteiger partial charge in [0.2, 0.25) is 0 Å². The first-order valence-corrected chi connectivity index (χ1v) is 7.67. The predicted octanol–water partition coefficient (Wildman–Crippen LogP) is 2.00. The summed E-state index contributed by atoms with van der Waals surface area (Å²) in [4.78, 5) is 14.8. The fourth-order valence-electron chi connectivity index (χ4n) is 3.63. The van der Waals surface area contributed by atoms with Crippen molar-refractivity contribution in [1.82, 2.24) is 14.8 Å². The van der Waals surface area contributed by atoms with Gasteiger partial charge < -0.3 is 14.8 Å². The highest BCUT2D eigenvalue weighted by molar-refractivity contribution is 9.10. The van der Waals surface area contributed by atoms with Gasteiger partial charge in [-0.3, -0.25) is 4.79 Å². The number of nitrogens with zero attached hydrogens (tertiary/aromatic N) is 2.